The maximum atomic E-state index is 11.1. The van der Waals surface area contributed by atoms with Crippen LogP contribution in [0.25, 0.3) is 10.9 Å². The summed E-state index contributed by atoms with van der Waals surface area (Å²) in [5, 5.41) is 9.91. The number of hydrogen-bond acceptors (Lipinski definition) is 2. The van der Waals surface area contributed by atoms with Crippen molar-refractivity contribution in [3.05, 3.63) is 36.0 Å². The Labute approximate surface area is 86.7 Å². The maximum Gasteiger partial charge on any atom is 0.328 e. The number of hydrogen-bond donors (Lipinski definition) is 3. The van der Waals surface area contributed by atoms with Gasteiger partial charge in [-0.05, 0) is 24.6 Å². The monoisotopic (exact) mass is 204 g/mol. The molecule has 0 radical (unpaired) electrons. The van der Waals surface area contributed by atoms with E-state index in [4.69, 9.17) is 10.8 Å². The average molecular weight is 204 g/mol. The number of aliphatic carboxylic acids is 1. The van der Waals surface area contributed by atoms with Crippen molar-refractivity contribution in [2.24, 2.45) is 5.73 Å². The predicted octanol–water partition coefficient (Wildman–Crippen LogP) is 1.43. The molecule has 2 aromatic rings. The molecule has 4 nitrogen and oxygen atoms in total. The number of benzene rings is 1. The molecule has 1 unspecified atom stereocenters. The van der Waals surface area contributed by atoms with Gasteiger partial charge in [-0.3, -0.25) is 0 Å². The number of aromatic amines is 1. The lowest BCUT2D eigenvalue weighted by molar-refractivity contribution is -0.142. The largest absolute Gasteiger partial charge is 0.480 e. The van der Waals surface area contributed by atoms with Gasteiger partial charge >= 0.3 is 5.97 Å². The van der Waals surface area contributed by atoms with Crippen molar-refractivity contribution in [3.63, 3.8) is 0 Å². The van der Waals surface area contributed by atoms with E-state index >= 15 is 0 Å². The lowest BCUT2D eigenvalue weighted by atomic mass is 9.91. The van der Waals surface area contributed by atoms with E-state index in [1.165, 1.54) is 6.92 Å². The van der Waals surface area contributed by atoms with Crippen LogP contribution in [-0.2, 0) is 10.3 Å². The maximum absolute atomic E-state index is 11.1. The molecule has 4 N–H and O–H groups in total. The Bertz CT molecular complexity index is 514. The standard InChI is InChI=1S/C11H12N2O2/c1-11(12,10(14)15)8-3-2-4-9-7(8)5-6-13-9/h2-6,13H,12H2,1H3,(H,14,15). The van der Waals surface area contributed by atoms with Gasteiger partial charge in [0.1, 0.15) is 5.54 Å². The van der Waals surface area contributed by atoms with Crippen LogP contribution in [0.5, 0.6) is 0 Å². The van der Waals surface area contributed by atoms with Gasteiger partial charge in [0, 0.05) is 17.1 Å². The van der Waals surface area contributed by atoms with Gasteiger partial charge in [-0.2, -0.15) is 0 Å². The van der Waals surface area contributed by atoms with Crippen LogP contribution in [0.15, 0.2) is 30.5 Å². The summed E-state index contributed by atoms with van der Waals surface area (Å²) in [6, 6.07) is 7.25. The Morgan fingerprint density at radius 2 is 2.20 bits per heavy atom. The molecule has 1 aromatic carbocycles. The average Bonchev–Trinajstić information content (AvgIpc) is 2.64. The molecule has 0 amide bonds. The minimum absolute atomic E-state index is 0.619. The van der Waals surface area contributed by atoms with Gasteiger partial charge in [-0.1, -0.05) is 12.1 Å². The first-order valence-corrected chi connectivity index (χ1v) is 4.62. The fraction of sp³-hybridized carbons (Fsp3) is 0.182. The van der Waals surface area contributed by atoms with Crippen LogP contribution in [-0.4, -0.2) is 16.1 Å². The molecule has 15 heavy (non-hydrogen) atoms. The van der Waals surface area contributed by atoms with Crippen LogP contribution >= 0.6 is 0 Å². The molecule has 0 spiro atoms. The summed E-state index contributed by atoms with van der Waals surface area (Å²) in [5.74, 6) is -1.03. The third-order valence-electron chi connectivity index (χ3n) is 2.60. The SMILES string of the molecule is CC(N)(C(=O)O)c1cccc2[nH]ccc12. The Morgan fingerprint density at radius 3 is 2.87 bits per heavy atom. The fourth-order valence-corrected chi connectivity index (χ4v) is 1.65. The van der Waals surface area contributed by atoms with Gasteiger partial charge in [0.25, 0.3) is 0 Å². The molecule has 0 fully saturated rings. The predicted molar refractivity (Wildman–Crippen MR) is 57.5 cm³/mol. The molecule has 0 bridgehead atoms. The van der Waals surface area contributed by atoms with E-state index in [0.29, 0.717) is 5.56 Å². The highest BCUT2D eigenvalue weighted by Gasteiger charge is 2.31. The van der Waals surface area contributed by atoms with Crippen molar-refractivity contribution in [2.45, 2.75) is 12.5 Å². The number of aromatic nitrogens is 1. The summed E-state index contributed by atoms with van der Waals surface area (Å²) in [4.78, 5) is 14.1. The topological polar surface area (TPSA) is 79.1 Å². The molecule has 4 heteroatoms. The zero-order valence-electron chi connectivity index (χ0n) is 8.32. The lowest BCUT2D eigenvalue weighted by Crippen LogP contribution is -2.41. The number of nitrogens with one attached hydrogen (secondary N) is 1. The summed E-state index contributed by atoms with van der Waals surface area (Å²) in [7, 11) is 0. The first kappa shape index (κ1) is 9.73. The Kier molecular flexibility index (Phi) is 2.01. The molecule has 0 aliphatic rings. The zero-order chi connectivity index (χ0) is 11.1. The number of rotatable bonds is 2. The van der Waals surface area contributed by atoms with Crippen molar-refractivity contribution in [1.29, 1.82) is 0 Å². The number of fused-ring (bicyclic) bond motifs is 1. The van der Waals surface area contributed by atoms with E-state index in [1.807, 2.05) is 12.1 Å². The number of H-pyrrole nitrogens is 1. The highest BCUT2D eigenvalue weighted by Crippen LogP contribution is 2.26. The molecule has 1 aromatic heterocycles. The minimum atomic E-state index is -1.36. The number of carboxylic acid groups (broad SMARTS) is 1. The van der Waals surface area contributed by atoms with Crippen molar-refractivity contribution in [2.75, 3.05) is 0 Å². The Hall–Kier alpha value is -1.81. The van der Waals surface area contributed by atoms with Crippen molar-refractivity contribution in [1.82, 2.24) is 4.98 Å². The van der Waals surface area contributed by atoms with E-state index in [0.717, 1.165) is 10.9 Å². The van der Waals surface area contributed by atoms with Gasteiger partial charge in [-0.25, -0.2) is 4.79 Å². The van der Waals surface area contributed by atoms with Crippen LogP contribution in [0.3, 0.4) is 0 Å². The molecule has 0 aliphatic carbocycles. The van der Waals surface area contributed by atoms with Crippen LogP contribution in [0.1, 0.15) is 12.5 Å². The normalized spacial score (nSPS) is 15.1. The first-order chi connectivity index (χ1) is 7.03. The second-order valence-corrected chi connectivity index (χ2v) is 3.75. The molecule has 78 valence electrons. The van der Waals surface area contributed by atoms with Crippen LogP contribution in [0.4, 0.5) is 0 Å². The second kappa shape index (κ2) is 3.10. The molecule has 0 aliphatic heterocycles. The van der Waals surface area contributed by atoms with Gasteiger partial charge < -0.3 is 15.8 Å². The van der Waals surface area contributed by atoms with Gasteiger partial charge in [0.15, 0.2) is 0 Å². The number of carboxylic acids is 1. The lowest BCUT2D eigenvalue weighted by Gasteiger charge is -2.20. The quantitative estimate of drug-likeness (QED) is 0.692. The van der Waals surface area contributed by atoms with E-state index in [1.54, 1.807) is 18.3 Å². The van der Waals surface area contributed by atoms with Crippen LogP contribution < -0.4 is 5.73 Å². The molecule has 0 saturated carbocycles. The van der Waals surface area contributed by atoms with E-state index in [9.17, 15) is 4.79 Å². The van der Waals surface area contributed by atoms with Crippen molar-refractivity contribution >= 4 is 16.9 Å². The molecular formula is C11H12N2O2. The highest BCUT2D eigenvalue weighted by atomic mass is 16.4. The summed E-state index contributed by atoms with van der Waals surface area (Å²) in [5.41, 5.74) is 5.95. The Morgan fingerprint density at radius 1 is 1.47 bits per heavy atom. The van der Waals surface area contributed by atoms with Crippen LogP contribution in [0.2, 0.25) is 0 Å². The molecule has 1 heterocycles. The van der Waals surface area contributed by atoms with Crippen molar-refractivity contribution in [3.8, 4) is 0 Å². The first-order valence-electron chi connectivity index (χ1n) is 4.62. The minimum Gasteiger partial charge on any atom is -0.480 e. The van der Waals surface area contributed by atoms with E-state index in [-0.39, 0.29) is 0 Å². The smallest absolute Gasteiger partial charge is 0.328 e. The summed E-state index contributed by atoms with van der Waals surface area (Å²) < 4.78 is 0. The number of nitrogens with two attached hydrogens (primary N) is 1. The highest BCUT2D eigenvalue weighted by molar-refractivity contribution is 5.91. The fourth-order valence-electron chi connectivity index (χ4n) is 1.65. The third-order valence-corrected chi connectivity index (χ3v) is 2.60. The van der Waals surface area contributed by atoms with Gasteiger partial charge in [-0.15, -0.1) is 0 Å². The summed E-state index contributed by atoms with van der Waals surface area (Å²) in [6.07, 6.45) is 1.77. The molecule has 1 atom stereocenters. The molecule has 2 rings (SSSR count). The van der Waals surface area contributed by atoms with Crippen molar-refractivity contribution < 1.29 is 9.90 Å². The molecular weight excluding hydrogens is 192 g/mol. The van der Waals surface area contributed by atoms with Gasteiger partial charge in [0.05, 0.1) is 0 Å². The summed E-state index contributed by atoms with van der Waals surface area (Å²) >= 11 is 0. The Balaban J connectivity index is 2.71. The third kappa shape index (κ3) is 1.39. The van der Waals surface area contributed by atoms with E-state index < -0.39 is 11.5 Å². The number of carbonyl (C=O) groups is 1. The van der Waals surface area contributed by atoms with Gasteiger partial charge in [0.2, 0.25) is 0 Å². The molecule has 0 saturated heterocycles. The second-order valence-electron chi connectivity index (χ2n) is 3.75. The summed E-state index contributed by atoms with van der Waals surface area (Å²) in [6.45, 7) is 1.50. The van der Waals surface area contributed by atoms with E-state index in [2.05, 4.69) is 4.98 Å². The van der Waals surface area contributed by atoms with Crippen LogP contribution in [0, 0.1) is 0 Å². The zero-order valence-corrected chi connectivity index (χ0v) is 8.32.